The van der Waals surface area contributed by atoms with Gasteiger partial charge in [0.15, 0.2) is 0 Å². The Morgan fingerprint density at radius 1 is 1.42 bits per heavy atom. The molecule has 19 heavy (non-hydrogen) atoms. The van der Waals surface area contributed by atoms with E-state index in [1.807, 2.05) is 0 Å². The molecule has 106 valence electrons. The number of aromatic nitrogens is 1. The maximum atomic E-state index is 12.9. The molecule has 0 atom stereocenters. The minimum Gasteiger partial charge on any atom is -0.462 e. The molecule has 1 aromatic rings. The van der Waals surface area contributed by atoms with Gasteiger partial charge in [0, 0.05) is 6.07 Å². The highest BCUT2D eigenvalue weighted by Crippen LogP contribution is 2.36. The summed E-state index contributed by atoms with van der Waals surface area (Å²) in [7, 11) is 0. The molecule has 0 aliphatic heterocycles. The molecule has 1 heterocycles. The third kappa shape index (κ3) is 3.36. The molecule has 0 spiro atoms. The van der Waals surface area contributed by atoms with Crippen LogP contribution in [-0.2, 0) is 10.9 Å². The van der Waals surface area contributed by atoms with E-state index in [0.29, 0.717) is 0 Å². The molecule has 0 saturated heterocycles. The van der Waals surface area contributed by atoms with E-state index in [1.165, 1.54) is 6.92 Å². The number of nitrogens with zero attached hydrogens (tertiary/aromatic N) is 1. The normalized spacial score (nSPS) is 11.8. The lowest BCUT2D eigenvalue weighted by atomic mass is 10.1. The van der Waals surface area contributed by atoms with Crippen LogP contribution in [0.5, 0.6) is 0 Å². The SMILES string of the molecule is CCOC(=O)c1c(C(F)(F)F)cc(F)nc1C(F)F. The van der Waals surface area contributed by atoms with Gasteiger partial charge < -0.3 is 4.74 Å². The molecule has 1 aromatic heterocycles. The van der Waals surface area contributed by atoms with Gasteiger partial charge in [-0.05, 0) is 6.92 Å². The second-order valence-corrected chi connectivity index (χ2v) is 3.27. The van der Waals surface area contributed by atoms with Crippen molar-refractivity contribution in [3.8, 4) is 0 Å². The van der Waals surface area contributed by atoms with E-state index in [0.717, 1.165) is 0 Å². The Balaban J connectivity index is 3.57. The summed E-state index contributed by atoms with van der Waals surface area (Å²) in [6.07, 6.45) is -8.73. The number of halogens is 6. The van der Waals surface area contributed by atoms with Crippen LogP contribution in [0.15, 0.2) is 6.07 Å². The highest BCUT2D eigenvalue weighted by molar-refractivity contribution is 5.92. The molecule has 0 aliphatic rings. The van der Waals surface area contributed by atoms with Crippen molar-refractivity contribution in [2.45, 2.75) is 19.5 Å². The van der Waals surface area contributed by atoms with Crippen molar-refractivity contribution in [2.24, 2.45) is 0 Å². The minimum atomic E-state index is -5.19. The fraction of sp³-hybridized carbons (Fsp3) is 0.400. The number of hydrogen-bond acceptors (Lipinski definition) is 3. The zero-order valence-corrected chi connectivity index (χ0v) is 9.39. The molecular weight excluding hydrogens is 280 g/mol. The van der Waals surface area contributed by atoms with E-state index in [1.54, 1.807) is 0 Å². The lowest BCUT2D eigenvalue weighted by molar-refractivity contribution is -0.138. The van der Waals surface area contributed by atoms with Crippen molar-refractivity contribution in [1.82, 2.24) is 4.98 Å². The smallest absolute Gasteiger partial charge is 0.417 e. The van der Waals surface area contributed by atoms with Gasteiger partial charge in [-0.15, -0.1) is 0 Å². The Labute approximate surface area is 103 Å². The van der Waals surface area contributed by atoms with Gasteiger partial charge in [0.25, 0.3) is 6.43 Å². The van der Waals surface area contributed by atoms with E-state index >= 15 is 0 Å². The Hall–Kier alpha value is -1.80. The van der Waals surface area contributed by atoms with Crippen molar-refractivity contribution in [1.29, 1.82) is 0 Å². The first-order valence-electron chi connectivity index (χ1n) is 4.91. The Kier molecular flexibility index (Phi) is 4.38. The molecule has 0 aromatic carbocycles. The second kappa shape index (κ2) is 5.45. The Morgan fingerprint density at radius 2 is 2.00 bits per heavy atom. The number of hydrogen-bond donors (Lipinski definition) is 0. The van der Waals surface area contributed by atoms with Gasteiger partial charge in [0.1, 0.15) is 5.69 Å². The number of rotatable bonds is 3. The monoisotopic (exact) mass is 287 g/mol. The van der Waals surface area contributed by atoms with Crippen LogP contribution in [0.2, 0.25) is 0 Å². The zero-order chi connectivity index (χ0) is 14.8. The van der Waals surface area contributed by atoms with Gasteiger partial charge in [0.05, 0.1) is 17.7 Å². The molecule has 0 aliphatic carbocycles. The van der Waals surface area contributed by atoms with Crippen molar-refractivity contribution in [3.05, 3.63) is 28.8 Å². The maximum Gasteiger partial charge on any atom is 0.417 e. The quantitative estimate of drug-likeness (QED) is 0.486. The van der Waals surface area contributed by atoms with Crippen LogP contribution in [0.4, 0.5) is 26.3 Å². The fourth-order valence-corrected chi connectivity index (χ4v) is 1.33. The molecule has 0 radical (unpaired) electrons. The first-order valence-corrected chi connectivity index (χ1v) is 4.91. The lowest BCUT2D eigenvalue weighted by Gasteiger charge is -2.15. The van der Waals surface area contributed by atoms with Gasteiger partial charge in [-0.2, -0.15) is 17.6 Å². The van der Waals surface area contributed by atoms with Crippen LogP contribution < -0.4 is 0 Å². The largest absolute Gasteiger partial charge is 0.462 e. The van der Waals surface area contributed by atoms with Crippen LogP contribution in [0, 0.1) is 5.95 Å². The predicted octanol–water partition coefficient (Wildman–Crippen LogP) is 3.35. The molecule has 0 saturated carbocycles. The molecule has 0 bridgehead atoms. The molecule has 1 rings (SSSR count). The van der Waals surface area contributed by atoms with Crippen LogP contribution >= 0.6 is 0 Å². The van der Waals surface area contributed by atoms with Gasteiger partial charge in [-0.25, -0.2) is 18.6 Å². The number of alkyl halides is 5. The minimum absolute atomic E-state index is 0.127. The summed E-state index contributed by atoms with van der Waals surface area (Å²) < 4.78 is 80.1. The van der Waals surface area contributed by atoms with Crippen molar-refractivity contribution in [3.63, 3.8) is 0 Å². The van der Waals surface area contributed by atoms with Crippen LogP contribution in [0.1, 0.15) is 35.0 Å². The standard InChI is InChI=1S/C10H7F6NO2/c1-2-19-9(18)6-4(10(14,15)16)3-5(11)17-7(6)8(12)13/h3,8H,2H2,1H3. The molecule has 0 unspecified atom stereocenters. The number of carbonyl (C=O) groups is 1. The van der Waals surface area contributed by atoms with Crippen molar-refractivity contribution < 1.29 is 35.9 Å². The van der Waals surface area contributed by atoms with Crippen molar-refractivity contribution >= 4 is 5.97 Å². The van der Waals surface area contributed by atoms with Crippen LogP contribution in [0.3, 0.4) is 0 Å². The summed E-state index contributed by atoms with van der Waals surface area (Å²) in [5.41, 5.74) is -4.90. The van der Waals surface area contributed by atoms with E-state index in [2.05, 4.69) is 9.72 Å². The summed E-state index contributed by atoms with van der Waals surface area (Å²) in [6.45, 7) is 0.959. The van der Waals surface area contributed by atoms with Gasteiger partial charge in [-0.3, -0.25) is 0 Å². The van der Waals surface area contributed by atoms with Crippen molar-refractivity contribution in [2.75, 3.05) is 6.61 Å². The average Bonchev–Trinajstić information content (AvgIpc) is 2.26. The summed E-state index contributed by atoms with van der Waals surface area (Å²) >= 11 is 0. The fourth-order valence-electron chi connectivity index (χ4n) is 1.33. The highest BCUT2D eigenvalue weighted by atomic mass is 19.4. The molecule has 0 fully saturated rings. The molecule has 3 nitrogen and oxygen atoms in total. The van der Waals surface area contributed by atoms with E-state index in [-0.39, 0.29) is 12.7 Å². The number of pyridine rings is 1. The summed E-state index contributed by atoms with van der Waals surface area (Å²) in [5, 5.41) is 0. The maximum absolute atomic E-state index is 12.9. The topological polar surface area (TPSA) is 39.2 Å². The average molecular weight is 287 g/mol. The first kappa shape index (κ1) is 15.3. The first-order chi connectivity index (χ1) is 8.68. The predicted molar refractivity (Wildman–Crippen MR) is 50.1 cm³/mol. The summed E-state index contributed by atoms with van der Waals surface area (Å²) in [5.74, 6) is -3.38. The number of esters is 1. The van der Waals surface area contributed by atoms with Crippen LogP contribution in [0.25, 0.3) is 0 Å². The summed E-state index contributed by atoms with van der Waals surface area (Å²) in [6, 6.07) is -0.127. The molecule has 0 amide bonds. The molecule has 0 N–H and O–H groups in total. The van der Waals surface area contributed by atoms with E-state index in [4.69, 9.17) is 0 Å². The third-order valence-electron chi connectivity index (χ3n) is 2.01. The third-order valence-corrected chi connectivity index (χ3v) is 2.01. The molecule has 9 heteroatoms. The number of ether oxygens (including phenoxy) is 1. The zero-order valence-electron chi connectivity index (χ0n) is 9.39. The second-order valence-electron chi connectivity index (χ2n) is 3.27. The Morgan fingerprint density at radius 3 is 2.42 bits per heavy atom. The van der Waals surface area contributed by atoms with E-state index in [9.17, 15) is 31.1 Å². The molecular formula is C10H7F6NO2. The highest BCUT2D eigenvalue weighted by Gasteiger charge is 2.40. The van der Waals surface area contributed by atoms with Gasteiger partial charge >= 0.3 is 12.1 Å². The van der Waals surface area contributed by atoms with Crippen LogP contribution in [-0.4, -0.2) is 17.6 Å². The summed E-state index contributed by atoms with van der Waals surface area (Å²) in [4.78, 5) is 14.0. The van der Waals surface area contributed by atoms with Gasteiger partial charge in [-0.1, -0.05) is 0 Å². The number of carbonyl (C=O) groups excluding carboxylic acids is 1. The van der Waals surface area contributed by atoms with Gasteiger partial charge in [0.2, 0.25) is 5.95 Å². The van der Waals surface area contributed by atoms with E-state index < -0.39 is 41.3 Å². The lowest BCUT2D eigenvalue weighted by Crippen LogP contribution is -2.20. The Bertz CT molecular complexity index is 486.